The molecule has 0 saturated carbocycles. The number of nitrogens with zero attached hydrogens (tertiary/aromatic N) is 2. The summed E-state index contributed by atoms with van der Waals surface area (Å²) in [4.78, 5) is 26.9. The van der Waals surface area contributed by atoms with Crippen LogP contribution in [0.1, 0.15) is 0 Å². The third kappa shape index (κ3) is 4.94. The van der Waals surface area contributed by atoms with Gasteiger partial charge in [-0.05, 0) is 0 Å². The normalized spacial score (nSPS) is 16.8. The van der Waals surface area contributed by atoms with E-state index in [0.29, 0.717) is 26.2 Å². The maximum atomic E-state index is 12.0. The minimum Gasteiger partial charge on any atom is -0.375 e. The first kappa shape index (κ1) is 18.1. The summed E-state index contributed by atoms with van der Waals surface area (Å²) >= 11 is 0. The maximum absolute atomic E-state index is 12.0. The largest absolute Gasteiger partial charge is 0.375 e. The topological polar surface area (TPSA) is 85.1 Å². The predicted octanol–water partition coefficient (Wildman–Crippen LogP) is -1.30. The van der Waals surface area contributed by atoms with Gasteiger partial charge < -0.3 is 25.0 Å². The lowest BCUT2D eigenvalue weighted by molar-refractivity contribution is -0.147. The summed E-state index contributed by atoms with van der Waals surface area (Å²) in [6, 6.07) is 0. The zero-order valence-corrected chi connectivity index (χ0v) is 12.1. The molecule has 7 nitrogen and oxygen atoms in total. The molecule has 1 aliphatic heterocycles. The number of halogens is 1. The molecule has 1 rings (SSSR count). The summed E-state index contributed by atoms with van der Waals surface area (Å²) < 4.78 is 9.81. The fraction of sp³-hybridized carbons (Fsp3) is 0.818. The molecule has 1 aliphatic rings. The van der Waals surface area contributed by atoms with Gasteiger partial charge in [0.15, 0.2) is 0 Å². The molecule has 0 bridgehead atoms. The van der Waals surface area contributed by atoms with Gasteiger partial charge in [-0.2, -0.15) is 0 Å². The van der Waals surface area contributed by atoms with Gasteiger partial charge in [-0.15, -0.1) is 12.4 Å². The minimum absolute atomic E-state index is 0. The van der Waals surface area contributed by atoms with Crippen molar-refractivity contribution >= 4 is 24.2 Å². The van der Waals surface area contributed by atoms with Gasteiger partial charge in [0.05, 0.1) is 0 Å². The molecule has 0 aromatic heterocycles. The Bertz CT molecular complexity index is 292. The minimum atomic E-state index is -0.591. The third-order valence-electron chi connectivity index (χ3n) is 2.99. The van der Waals surface area contributed by atoms with Crippen molar-refractivity contribution in [3.63, 3.8) is 0 Å². The van der Waals surface area contributed by atoms with E-state index in [1.165, 1.54) is 14.2 Å². The van der Waals surface area contributed by atoms with Crippen molar-refractivity contribution in [3.8, 4) is 0 Å². The Kier molecular flexibility index (Phi) is 8.66. The van der Waals surface area contributed by atoms with E-state index in [4.69, 9.17) is 15.2 Å². The second kappa shape index (κ2) is 9.08. The van der Waals surface area contributed by atoms with Crippen LogP contribution in [0.15, 0.2) is 0 Å². The molecule has 8 heteroatoms. The SMILES string of the molecule is COCC(=O)N1CCN(C(=O)C(CN)OC)CC1.Cl. The van der Waals surface area contributed by atoms with Crippen LogP contribution < -0.4 is 5.73 Å². The highest BCUT2D eigenvalue weighted by molar-refractivity contribution is 5.85. The van der Waals surface area contributed by atoms with E-state index in [-0.39, 0.29) is 37.4 Å². The van der Waals surface area contributed by atoms with Crippen molar-refractivity contribution in [3.05, 3.63) is 0 Å². The molecular formula is C11H22ClN3O4. The fourth-order valence-electron chi connectivity index (χ4n) is 1.89. The van der Waals surface area contributed by atoms with Gasteiger partial charge >= 0.3 is 0 Å². The standard InChI is InChI=1S/C11H21N3O4.ClH/c1-17-8-10(15)13-3-5-14(6-4-13)11(16)9(7-12)18-2;/h9H,3-8,12H2,1-2H3;1H. The lowest BCUT2D eigenvalue weighted by atomic mass is 10.2. The number of hydrogen-bond acceptors (Lipinski definition) is 5. The van der Waals surface area contributed by atoms with Crippen molar-refractivity contribution in [2.45, 2.75) is 6.10 Å². The van der Waals surface area contributed by atoms with Gasteiger partial charge in [-0.25, -0.2) is 0 Å². The molecule has 0 aliphatic carbocycles. The smallest absolute Gasteiger partial charge is 0.253 e. The highest BCUT2D eigenvalue weighted by Crippen LogP contribution is 2.05. The molecule has 1 unspecified atom stereocenters. The summed E-state index contributed by atoms with van der Waals surface area (Å²) in [6.07, 6.45) is -0.591. The van der Waals surface area contributed by atoms with Crippen LogP contribution >= 0.6 is 12.4 Å². The van der Waals surface area contributed by atoms with Crippen LogP contribution in [-0.4, -0.2) is 81.3 Å². The maximum Gasteiger partial charge on any atom is 0.253 e. The van der Waals surface area contributed by atoms with Crippen LogP contribution in [-0.2, 0) is 19.1 Å². The zero-order chi connectivity index (χ0) is 13.5. The van der Waals surface area contributed by atoms with Crippen LogP contribution in [0, 0.1) is 0 Å². The van der Waals surface area contributed by atoms with Crippen LogP contribution in [0.2, 0.25) is 0 Å². The van der Waals surface area contributed by atoms with Crippen molar-refractivity contribution in [1.82, 2.24) is 9.80 Å². The number of hydrogen-bond donors (Lipinski definition) is 1. The third-order valence-corrected chi connectivity index (χ3v) is 2.99. The van der Waals surface area contributed by atoms with Gasteiger partial charge in [-0.1, -0.05) is 0 Å². The fourth-order valence-corrected chi connectivity index (χ4v) is 1.89. The molecule has 0 aromatic carbocycles. The summed E-state index contributed by atoms with van der Waals surface area (Å²) in [5.74, 6) is -0.162. The monoisotopic (exact) mass is 295 g/mol. The van der Waals surface area contributed by atoms with E-state index in [1.54, 1.807) is 9.80 Å². The number of amides is 2. The Morgan fingerprint density at radius 1 is 1.16 bits per heavy atom. The van der Waals surface area contributed by atoms with Gasteiger partial charge in [0.25, 0.3) is 5.91 Å². The molecule has 19 heavy (non-hydrogen) atoms. The Morgan fingerprint density at radius 2 is 1.68 bits per heavy atom. The number of carbonyl (C=O) groups is 2. The molecule has 112 valence electrons. The number of rotatable bonds is 5. The summed E-state index contributed by atoms with van der Waals surface area (Å²) in [5, 5.41) is 0. The van der Waals surface area contributed by atoms with E-state index in [9.17, 15) is 9.59 Å². The van der Waals surface area contributed by atoms with Crippen LogP contribution in [0.4, 0.5) is 0 Å². The van der Waals surface area contributed by atoms with Crippen LogP contribution in [0.25, 0.3) is 0 Å². The molecule has 1 fully saturated rings. The second-order valence-corrected chi connectivity index (χ2v) is 4.10. The van der Waals surface area contributed by atoms with E-state index in [0.717, 1.165) is 0 Å². The highest BCUT2D eigenvalue weighted by Gasteiger charge is 2.27. The Labute approximate surface area is 119 Å². The number of carbonyl (C=O) groups excluding carboxylic acids is 2. The van der Waals surface area contributed by atoms with Crippen LogP contribution in [0.3, 0.4) is 0 Å². The van der Waals surface area contributed by atoms with E-state index in [2.05, 4.69) is 0 Å². The quantitative estimate of drug-likeness (QED) is 0.681. The first-order valence-electron chi connectivity index (χ1n) is 5.92. The van der Waals surface area contributed by atoms with Crippen LogP contribution in [0.5, 0.6) is 0 Å². The molecular weight excluding hydrogens is 274 g/mol. The first-order valence-corrected chi connectivity index (χ1v) is 5.92. The molecule has 0 aromatic rings. The van der Waals surface area contributed by atoms with E-state index >= 15 is 0 Å². The Balaban J connectivity index is 0.00000324. The van der Waals surface area contributed by atoms with Gasteiger partial charge in [0.2, 0.25) is 5.91 Å². The molecule has 0 spiro atoms. The first-order chi connectivity index (χ1) is 8.63. The van der Waals surface area contributed by atoms with E-state index < -0.39 is 6.10 Å². The highest BCUT2D eigenvalue weighted by atomic mass is 35.5. The molecule has 1 heterocycles. The second-order valence-electron chi connectivity index (χ2n) is 4.10. The summed E-state index contributed by atoms with van der Waals surface area (Å²) in [7, 11) is 2.95. The van der Waals surface area contributed by atoms with Crippen molar-refractivity contribution in [2.75, 3.05) is 53.6 Å². The predicted molar refractivity (Wildman–Crippen MR) is 72.1 cm³/mol. The lowest BCUT2D eigenvalue weighted by Gasteiger charge is -2.35. The molecule has 1 atom stereocenters. The summed E-state index contributed by atoms with van der Waals surface area (Å²) in [6.45, 7) is 2.31. The molecule has 2 amide bonds. The average Bonchev–Trinajstić information content (AvgIpc) is 2.40. The number of nitrogens with two attached hydrogens (primary N) is 1. The van der Waals surface area contributed by atoms with Gasteiger partial charge in [0.1, 0.15) is 12.7 Å². The van der Waals surface area contributed by atoms with E-state index in [1.807, 2.05) is 0 Å². The average molecular weight is 296 g/mol. The Morgan fingerprint density at radius 3 is 2.11 bits per heavy atom. The summed E-state index contributed by atoms with van der Waals surface area (Å²) in [5.41, 5.74) is 5.45. The molecule has 0 radical (unpaired) electrons. The number of piperazine rings is 1. The van der Waals surface area contributed by atoms with Crippen molar-refractivity contribution in [1.29, 1.82) is 0 Å². The lowest BCUT2D eigenvalue weighted by Crippen LogP contribution is -2.54. The van der Waals surface area contributed by atoms with Crippen molar-refractivity contribution in [2.24, 2.45) is 5.73 Å². The van der Waals surface area contributed by atoms with Gasteiger partial charge in [0, 0.05) is 46.9 Å². The number of methoxy groups -OCH3 is 2. The van der Waals surface area contributed by atoms with Crippen molar-refractivity contribution < 1.29 is 19.1 Å². The van der Waals surface area contributed by atoms with Gasteiger partial charge in [-0.3, -0.25) is 9.59 Å². The zero-order valence-electron chi connectivity index (χ0n) is 11.3. The number of ether oxygens (including phenoxy) is 2. The molecule has 2 N–H and O–H groups in total. The Hall–Kier alpha value is -0.890. The molecule has 1 saturated heterocycles.